The highest BCUT2D eigenvalue weighted by atomic mass is 127. The largest absolute Gasteiger partial charge is 0.421 e. The molecule has 0 heterocycles. The lowest BCUT2D eigenvalue weighted by atomic mass is 9.85. The maximum absolute atomic E-state index is 13.2. The Hall–Kier alpha value is -2.82. The molecule has 4 aromatic rings. The van der Waals surface area contributed by atoms with Crippen molar-refractivity contribution in [3.63, 3.8) is 0 Å². The van der Waals surface area contributed by atoms with Crippen LogP contribution in [0.1, 0.15) is 33.5 Å². The molecule has 0 aromatic heterocycles. The van der Waals surface area contributed by atoms with Gasteiger partial charge in [0.2, 0.25) is 5.91 Å². The minimum absolute atomic E-state index is 0.166. The van der Waals surface area contributed by atoms with E-state index >= 15 is 0 Å². The van der Waals surface area contributed by atoms with Crippen LogP contribution in [0.25, 0.3) is 0 Å². The van der Waals surface area contributed by atoms with Crippen LogP contribution in [-0.2, 0) is 10.2 Å². The molecule has 1 aliphatic rings. The molecule has 5 nitrogen and oxygen atoms in total. The first-order valence-electron chi connectivity index (χ1n) is 11.8. The molecule has 4 aromatic carbocycles. The van der Waals surface area contributed by atoms with E-state index in [2.05, 4.69) is 89.2 Å². The van der Waals surface area contributed by atoms with Gasteiger partial charge >= 0.3 is 5.97 Å². The minimum atomic E-state index is -0.481. The summed E-state index contributed by atoms with van der Waals surface area (Å²) in [6.45, 7) is 0. The Morgan fingerprint density at radius 2 is 1.53 bits per heavy atom. The van der Waals surface area contributed by atoms with Crippen LogP contribution in [0.3, 0.4) is 0 Å². The van der Waals surface area contributed by atoms with Crippen molar-refractivity contribution in [2.75, 3.05) is 0 Å². The molecule has 1 amide bonds. The van der Waals surface area contributed by atoms with E-state index in [0.29, 0.717) is 27.8 Å². The topological polar surface area (TPSA) is 67.8 Å². The maximum atomic E-state index is 13.2. The average molecular weight is 744 g/mol. The van der Waals surface area contributed by atoms with E-state index in [1.54, 1.807) is 24.3 Å². The van der Waals surface area contributed by atoms with Gasteiger partial charge in [-0.2, -0.15) is 5.10 Å². The fourth-order valence-corrected chi connectivity index (χ4v) is 6.60. The summed E-state index contributed by atoms with van der Waals surface area (Å²) in [5.41, 5.74) is 5.53. The first kappa shape index (κ1) is 26.8. The van der Waals surface area contributed by atoms with Gasteiger partial charge in [-0.3, -0.25) is 4.79 Å². The van der Waals surface area contributed by atoms with E-state index in [0.717, 1.165) is 19.2 Å². The van der Waals surface area contributed by atoms with Gasteiger partial charge in [0.1, 0.15) is 0 Å². The molecule has 0 radical (unpaired) electrons. The molecule has 8 heteroatoms. The zero-order valence-corrected chi connectivity index (χ0v) is 25.2. The summed E-state index contributed by atoms with van der Waals surface area (Å²) in [6, 6.07) is 31.0. The molecule has 1 saturated carbocycles. The Morgan fingerprint density at radius 1 is 0.921 bits per heavy atom. The number of carbonyl (C=O) groups excluding carboxylic acids is 2. The SMILES string of the molecule is O=C(Oc1c(Br)cc(Br)cc1C=NNC(=O)C1CC1(c1ccccc1)c1ccccc1)c1ccccc1I. The molecule has 1 aliphatic carbocycles. The van der Waals surface area contributed by atoms with E-state index in [1.165, 1.54) is 6.21 Å². The number of nitrogens with one attached hydrogen (secondary N) is 1. The highest BCUT2D eigenvalue weighted by molar-refractivity contribution is 14.1. The first-order valence-corrected chi connectivity index (χ1v) is 14.5. The van der Waals surface area contributed by atoms with Crippen molar-refractivity contribution in [3.8, 4) is 5.75 Å². The molecule has 0 spiro atoms. The van der Waals surface area contributed by atoms with Gasteiger partial charge < -0.3 is 4.74 Å². The van der Waals surface area contributed by atoms with Crippen LogP contribution in [0.5, 0.6) is 5.75 Å². The Morgan fingerprint density at radius 3 is 2.16 bits per heavy atom. The molecule has 5 rings (SSSR count). The monoisotopic (exact) mass is 742 g/mol. The number of rotatable bonds is 7. The zero-order chi connectivity index (χ0) is 26.7. The van der Waals surface area contributed by atoms with Crippen molar-refractivity contribution < 1.29 is 14.3 Å². The fraction of sp³-hybridized carbons (Fsp3) is 0.100. The van der Waals surface area contributed by atoms with Gasteiger partial charge in [0.25, 0.3) is 0 Å². The molecule has 1 N–H and O–H groups in total. The normalized spacial score (nSPS) is 15.7. The average Bonchev–Trinajstić information content (AvgIpc) is 3.69. The molecule has 0 aliphatic heterocycles. The van der Waals surface area contributed by atoms with Crippen molar-refractivity contribution in [1.29, 1.82) is 0 Å². The Bertz CT molecular complexity index is 1490. The lowest BCUT2D eigenvalue weighted by molar-refractivity contribution is -0.122. The van der Waals surface area contributed by atoms with Gasteiger partial charge in [-0.15, -0.1) is 0 Å². The fourth-order valence-electron chi connectivity index (χ4n) is 4.66. The first-order chi connectivity index (χ1) is 18.4. The van der Waals surface area contributed by atoms with Crippen molar-refractivity contribution in [3.05, 3.63) is 132 Å². The summed E-state index contributed by atoms with van der Waals surface area (Å²) in [7, 11) is 0. The second kappa shape index (κ2) is 11.5. The number of amides is 1. The maximum Gasteiger partial charge on any atom is 0.344 e. The molecular formula is C30H21Br2IN2O3. The third kappa shape index (κ3) is 5.48. The second-order valence-corrected chi connectivity index (χ2v) is 11.8. The molecular weight excluding hydrogens is 723 g/mol. The van der Waals surface area contributed by atoms with Crippen LogP contribution in [0.15, 0.2) is 111 Å². The van der Waals surface area contributed by atoms with Gasteiger partial charge in [-0.05, 0) is 80.3 Å². The van der Waals surface area contributed by atoms with Gasteiger partial charge in [0, 0.05) is 19.0 Å². The van der Waals surface area contributed by atoms with Crippen LogP contribution in [-0.4, -0.2) is 18.1 Å². The van der Waals surface area contributed by atoms with Crippen LogP contribution >= 0.6 is 54.5 Å². The van der Waals surface area contributed by atoms with E-state index in [4.69, 9.17) is 4.74 Å². The van der Waals surface area contributed by atoms with Gasteiger partial charge in [0.05, 0.1) is 22.2 Å². The Balaban J connectivity index is 1.36. The third-order valence-corrected chi connectivity index (χ3v) is 8.55. The molecule has 0 bridgehead atoms. The molecule has 190 valence electrons. The van der Waals surface area contributed by atoms with E-state index in [-0.39, 0.29) is 17.2 Å². The quantitative estimate of drug-likeness (QED) is 0.0702. The number of halogens is 3. The number of ether oxygens (including phenoxy) is 1. The summed E-state index contributed by atoms with van der Waals surface area (Å²) in [5.74, 6) is -0.591. The smallest absolute Gasteiger partial charge is 0.344 e. The van der Waals surface area contributed by atoms with E-state index in [1.807, 2.05) is 48.5 Å². The summed E-state index contributed by atoms with van der Waals surface area (Å²) >= 11 is 9.05. The highest BCUT2D eigenvalue weighted by Crippen LogP contribution is 2.58. The summed E-state index contributed by atoms with van der Waals surface area (Å²) in [4.78, 5) is 26.1. The predicted octanol–water partition coefficient (Wildman–Crippen LogP) is 7.49. The van der Waals surface area contributed by atoms with Crippen LogP contribution < -0.4 is 10.2 Å². The summed E-state index contributed by atoms with van der Waals surface area (Å²) in [5, 5.41) is 4.24. The van der Waals surface area contributed by atoms with Gasteiger partial charge in [-0.25, -0.2) is 10.2 Å². The summed E-state index contributed by atoms with van der Waals surface area (Å²) < 4.78 is 7.88. The van der Waals surface area contributed by atoms with Gasteiger partial charge in [-0.1, -0.05) is 88.7 Å². The third-order valence-electron chi connectivity index (χ3n) is 6.56. The lowest BCUT2D eigenvalue weighted by Crippen LogP contribution is -2.25. The Kier molecular flexibility index (Phi) is 8.11. The van der Waals surface area contributed by atoms with Crippen molar-refractivity contribution in [1.82, 2.24) is 5.43 Å². The highest BCUT2D eigenvalue weighted by Gasteiger charge is 2.60. The molecule has 1 fully saturated rings. The lowest BCUT2D eigenvalue weighted by Gasteiger charge is -2.18. The second-order valence-electron chi connectivity index (χ2n) is 8.87. The van der Waals surface area contributed by atoms with Crippen molar-refractivity contribution in [2.45, 2.75) is 11.8 Å². The number of hydrogen-bond acceptors (Lipinski definition) is 4. The number of benzene rings is 4. The molecule has 1 unspecified atom stereocenters. The predicted molar refractivity (Wildman–Crippen MR) is 163 cm³/mol. The van der Waals surface area contributed by atoms with E-state index in [9.17, 15) is 9.59 Å². The summed E-state index contributed by atoms with van der Waals surface area (Å²) in [6.07, 6.45) is 2.18. The van der Waals surface area contributed by atoms with Crippen molar-refractivity contribution in [2.24, 2.45) is 11.0 Å². The molecule has 0 saturated heterocycles. The zero-order valence-electron chi connectivity index (χ0n) is 19.9. The van der Waals surface area contributed by atoms with Crippen LogP contribution in [0.4, 0.5) is 0 Å². The number of carbonyl (C=O) groups is 2. The number of hydrazone groups is 1. The van der Waals surface area contributed by atoms with Crippen LogP contribution in [0, 0.1) is 9.49 Å². The minimum Gasteiger partial charge on any atom is -0.421 e. The standard InChI is InChI=1S/C30H21Br2IN2O3/c31-22-15-19(27(25(32)16-22)38-29(37)23-13-7-8-14-26(23)33)18-34-35-28(36)24-17-30(24,20-9-3-1-4-10-20)21-11-5-2-6-12-21/h1-16,18,24H,17H2,(H,35,36). The van der Waals surface area contributed by atoms with Gasteiger partial charge in [0.15, 0.2) is 5.75 Å². The Labute approximate surface area is 251 Å². The van der Waals surface area contributed by atoms with Crippen LogP contribution in [0.2, 0.25) is 0 Å². The van der Waals surface area contributed by atoms with Crippen molar-refractivity contribution >= 4 is 72.5 Å². The number of nitrogens with zero attached hydrogens (tertiary/aromatic N) is 1. The number of esters is 1. The molecule has 1 atom stereocenters. The van der Waals surface area contributed by atoms with E-state index < -0.39 is 5.97 Å². The molecule has 38 heavy (non-hydrogen) atoms. The number of hydrogen-bond donors (Lipinski definition) is 1.